The molecule has 3 aliphatic heterocycles. The first kappa shape index (κ1) is 13.4. The third-order valence-electron chi connectivity index (χ3n) is 5.11. The predicted octanol–water partition coefficient (Wildman–Crippen LogP) is 1.45. The molecule has 19 heavy (non-hydrogen) atoms. The highest BCUT2D eigenvalue weighted by Crippen LogP contribution is 2.32. The van der Waals surface area contributed by atoms with Crippen LogP contribution in [0, 0.1) is 11.8 Å². The summed E-state index contributed by atoms with van der Waals surface area (Å²) in [4.78, 5) is 12.1. The molecule has 0 aromatic heterocycles. The Morgan fingerprint density at radius 1 is 1.32 bits per heavy atom. The van der Waals surface area contributed by atoms with E-state index >= 15 is 0 Å². The van der Waals surface area contributed by atoms with Gasteiger partial charge in [0.05, 0.1) is 6.61 Å². The number of rotatable bonds is 4. The van der Waals surface area contributed by atoms with Crippen LogP contribution in [0.25, 0.3) is 0 Å². The summed E-state index contributed by atoms with van der Waals surface area (Å²) in [5, 5.41) is 6.81. The lowest BCUT2D eigenvalue weighted by molar-refractivity contribution is -0.123. The van der Waals surface area contributed by atoms with Gasteiger partial charge in [-0.2, -0.15) is 0 Å². The maximum atomic E-state index is 12.1. The molecule has 0 saturated carbocycles. The number of carbonyl (C=O) groups is 1. The second kappa shape index (κ2) is 5.80. The van der Waals surface area contributed by atoms with Crippen molar-refractivity contribution in [1.82, 2.24) is 10.6 Å². The van der Waals surface area contributed by atoms with Crippen LogP contribution >= 0.6 is 0 Å². The summed E-state index contributed by atoms with van der Waals surface area (Å²) in [6.07, 6.45) is 6.78. The quantitative estimate of drug-likeness (QED) is 0.810. The summed E-state index contributed by atoms with van der Waals surface area (Å²) in [7, 11) is 0. The van der Waals surface area contributed by atoms with Crippen molar-refractivity contribution in [2.45, 2.75) is 63.6 Å². The van der Waals surface area contributed by atoms with Gasteiger partial charge in [0.2, 0.25) is 5.91 Å². The molecule has 3 saturated heterocycles. The van der Waals surface area contributed by atoms with E-state index < -0.39 is 0 Å². The zero-order chi connectivity index (χ0) is 13.2. The first-order valence-electron chi connectivity index (χ1n) is 7.84. The van der Waals surface area contributed by atoms with Crippen LogP contribution in [0.5, 0.6) is 0 Å². The van der Waals surface area contributed by atoms with Gasteiger partial charge in [-0.3, -0.25) is 4.79 Å². The minimum absolute atomic E-state index is 0.241. The normalized spacial score (nSPS) is 39.2. The van der Waals surface area contributed by atoms with Crippen LogP contribution in [-0.2, 0) is 9.53 Å². The Labute approximate surface area is 115 Å². The number of ether oxygens (including phenoxy) is 1. The molecule has 0 aliphatic carbocycles. The van der Waals surface area contributed by atoms with Gasteiger partial charge in [-0.05, 0) is 44.9 Å². The van der Waals surface area contributed by atoms with E-state index in [0.29, 0.717) is 30.3 Å². The average molecular weight is 266 g/mol. The Balaban J connectivity index is 1.43. The molecule has 4 atom stereocenters. The molecule has 0 aromatic carbocycles. The number of hydrogen-bond donors (Lipinski definition) is 2. The molecule has 4 nitrogen and oxygen atoms in total. The molecule has 2 bridgehead atoms. The fourth-order valence-electron chi connectivity index (χ4n) is 3.98. The number of amides is 1. The molecule has 1 amide bonds. The van der Waals surface area contributed by atoms with E-state index in [4.69, 9.17) is 4.74 Å². The van der Waals surface area contributed by atoms with Crippen molar-refractivity contribution in [2.24, 2.45) is 11.8 Å². The topological polar surface area (TPSA) is 50.4 Å². The van der Waals surface area contributed by atoms with E-state index in [1.807, 2.05) is 0 Å². The monoisotopic (exact) mass is 266 g/mol. The van der Waals surface area contributed by atoms with Crippen molar-refractivity contribution in [3.63, 3.8) is 0 Å². The molecule has 0 radical (unpaired) electrons. The van der Waals surface area contributed by atoms with Gasteiger partial charge in [0.1, 0.15) is 0 Å². The molecule has 4 unspecified atom stereocenters. The summed E-state index contributed by atoms with van der Waals surface area (Å²) in [6.45, 7) is 3.77. The van der Waals surface area contributed by atoms with Gasteiger partial charge in [0.25, 0.3) is 0 Å². The second-order valence-electron chi connectivity index (χ2n) is 6.66. The number of fused-ring (bicyclic) bond motifs is 2. The zero-order valence-corrected chi connectivity index (χ0v) is 11.9. The van der Waals surface area contributed by atoms with Crippen LogP contribution < -0.4 is 10.6 Å². The van der Waals surface area contributed by atoms with E-state index in [-0.39, 0.29) is 11.9 Å². The number of carbonyl (C=O) groups excluding carboxylic acids is 1. The number of nitrogens with one attached hydrogen (secondary N) is 2. The van der Waals surface area contributed by atoms with E-state index in [1.165, 1.54) is 25.7 Å². The Kier molecular flexibility index (Phi) is 4.08. The molecule has 108 valence electrons. The van der Waals surface area contributed by atoms with Crippen molar-refractivity contribution in [3.8, 4) is 0 Å². The van der Waals surface area contributed by atoms with Crippen LogP contribution in [0.15, 0.2) is 0 Å². The standard InChI is InChI=1S/C15H26N2O2/c1-10(12-4-5-19-9-12)16-15(18)8-11-6-13-2-3-14(7-11)17-13/h10-14,17H,2-9H2,1H3,(H,16,18). The molecule has 3 aliphatic rings. The fourth-order valence-corrected chi connectivity index (χ4v) is 3.98. The predicted molar refractivity (Wildman–Crippen MR) is 73.8 cm³/mol. The van der Waals surface area contributed by atoms with Crippen LogP contribution in [0.2, 0.25) is 0 Å². The average Bonchev–Trinajstić information content (AvgIpc) is 2.99. The van der Waals surface area contributed by atoms with Crippen LogP contribution in [0.3, 0.4) is 0 Å². The highest BCUT2D eigenvalue weighted by Gasteiger charge is 2.34. The minimum atomic E-state index is 0.241. The largest absolute Gasteiger partial charge is 0.381 e. The fraction of sp³-hybridized carbons (Fsp3) is 0.933. The van der Waals surface area contributed by atoms with Crippen LogP contribution in [0.1, 0.15) is 45.4 Å². The lowest BCUT2D eigenvalue weighted by atomic mass is 9.89. The smallest absolute Gasteiger partial charge is 0.220 e. The van der Waals surface area contributed by atoms with Crippen LogP contribution in [0.4, 0.5) is 0 Å². The third kappa shape index (κ3) is 3.29. The minimum Gasteiger partial charge on any atom is -0.381 e. The molecule has 3 heterocycles. The molecule has 0 aromatic rings. The van der Waals surface area contributed by atoms with E-state index in [9.17, 15) is 4.79 Å². The maximum absolute atomic E-state index is 12.1. The SMILES string of the molecule is CC(NC(=O)CC1CC2CCC(C1)N2)C1CCOC1. The lowest BCUT2D eigenvalue weighted by Crippen LogP contribution is -2.42. The number of piperidine rings is 1. The Bertz CT molecular complexity index is 316. The molecular formula is C15H26N2O2. The highest BCUT2D eigenvalue weighted by atomic mass is 16.5. The molecule has 3 fully saturated rings. The zero-order valence-electron chi connectivity index (χ0n) is 11.9. The second-order valence-corrected chi connectivity index (χ2v) is 6.66. The molecule has 3 rings (SSSR count). The van der Waals surface area contributed by atoms with E-state index in [2.05, 4.69) is 17.6 Å². The highest BCUT2D eigenvalue weighted by molar-refractivity contribution is 5.76. The molecule has 4 heteroatoms. The first-order chi connectivity index (χ1) is 9.20. The summed E-state index contributed by atoms with van der Waals surface area (Å²) in [5.41, 5.74) is 0. The van der Waals surface area contributed by atoms with Gasteiger partial charge >= 0.3 is 0 Å². The summed E-state index contributed by atoms with van der Waals surface area (Å²) in [6, 6.07) is 1.61. The van der Waals surface area contributed by atoms with Gasteiger partial charge in [-0.15, -0.1) is 0 Å². The van der Waals surface area contributed by atoms with E-state index in [1.54, 1.807) is 0 Å². The van der Waals surface area contributed by atoms with Crippen LogP contribution in [-0.4, -0.2) is 37.2 Å². The van der Waals surface area contributed by atoms with Gasteiger partial charge in [0.15, 0.2) is 0 Å². The summed E-state index contributed by atoms with van der Waals surface area (Å²) < 4.78 is 5.39. The van der Waals surface area contributed by atoms with E-state index in [0.717, 1.165) is 19.6 Å². The van der Waals surface area contributed by atoms with Crippen molar-refractivity contribution in [1.29, 1.82) is 0 Å². The molecular weight excluding hydrogens is 240 g/mol. The maximum Gasteiger partial charge on any atom is 0.220 e. The van der Waals surface area contributed by atoms with Gasteiger partial charge in [-0.1, -0.05) is 0 Å². The van der Waals surface area contributed by atoms with Crippen molar-refractivity contribution in [3.05, 3.63) is 0 Å². The Morgan fingerprint density at radius 2 is 2.05 bits per heavy atom. The van der Waals surface area contributed by atoms with Gasteiger partial charge in [-0.25, -0.2) is 0 Å². The Morgan fingerprint density at radius 3 is 2.68 bits per heavy atom. The van der Waals surface area contributed by atoms with Gasteiger partial charge < -0.3 is 15.4 Å². The van der Waals surface area contributed by atoms with Crippen molar-refractivity contribution < 1.29 is 9.53 Å². The van der Waals surface area contributed by atoms with Crippen molar-refractivity contribution in [2.75, 3.05) is 13.2 Å². The Hall–Kier alpha value is -0.610. The number of hydrogen-bond acceptors (Lipinski definition) is 3. The third-order valence-corrected chi connectivity index (χ3v) is 5.11. The van der Waals surface area contributed by atoms with Gasteiger partial charge in [0, 0.05) is 37.1 Å². The van der Waals surface area contributed by atoms with Crippen molar-refractivity contribution >= 4 is 5.91 Å². The molecule has 0 spiro atoms. The first-order valence-corrected chi connectivity index (χ1v) is 7.84. The summed E-state index contributed by atoms with van der Waals surface area (Å²) in [5.74, 6) is 1.34. The lowest BCUT2D eigenvalue weighted by Gasteiger charge is -2.29. The molecule has 2 N–H and O–H groups in total. The summed E-state index contributed by atoms with van der Waals surface area (Å²) >= 11 is 0.